The lowest BCUT2D eigenvalue weighted by Crippen LogP contribution is -3.12. The molecular weight excluding hydrogens is 232 g/mol. The van der Waals surface area contributed by atoms with Crippen LogP contribution in [0.3, 0.4) is 0 Å². The lowest BCUT2D eigenvalue weighted by atomic mass is 9.93. The predicted molar refractivity (Wildman–Crippen MR) is 64.2 cm³/mol. The molecule has 0 spiro atoms. The van der Waals surface area contributed by atoms with Gasteiger partial charge in [-0.15, -0.1) is 0 Å². The standard InChI is InChI=1S/C13H16N2O3/c16-12-10-7-4-8-11(10)15(18)13(17)14(12)9-5-2-1-3-6-9/h7-9,15H,1-6H2. The van der Waals surface area contributed by atoms with E-state index in [1.807, 2.05) is 0 Å². The van der Waals surface area contributed by atoms with E-state index in [1.165, 1.54) is 4.90 Å². The van der Waals surface area contributed by atoms with Crippen molar-refractivity contribution in [2.45, 2.75) is 44.6 Å². The number of urea groups is 1. The van der Waals surface area contributed by atoms with Crippen molar-refractivity contribution in [2.24, 2.45) is 0 Å². The summed E-state index contributed by atoms with van der Waals surface area (Å²) in [6, 6.07) is -0.706. The number of imide groups is 1. The maximum atomic E-state index is 12.3. The van der Waals surface area contributed by atoms with Gasteiger partial charge in [0.1, 0.15) is 5.70 Å². The molecule has 2 fully saturated rings. The summed E-state index contributed by atoms with van der Waals surface area (Å²) in [6.45, 7) is 0. The third kappa shape index (κ3) is 1.62. The van der Waals surface area contributed by atoms with E-state index in [9.17, 15) is 14.8 Å². The molecule has 1 aliphatic heterocycles. The highest BCUT2D eigenvalue weighted by Crippen LogP contribution is 2.28. The van der Waals surface area contributed by atoms with Crippen LogP contribution < -0.4 is 5.06 Å². The number of allylic oxidation sites excluding steroid dienone is 2. The molecule has 0 aromatic carbocycles. The molecule has 1 saturated heterocycles. The van der Waals surface area contributed by atoms with Gasteiger partial charge in [0.15, 0.2) is 0 Å². The summed E-state index contributed by atoms with van der Waals surface area (Å²) in [6.07, 6.45) is 8.86. The van der Waals surface area contributed by atoms with E-state index in [0.29, 0.717) is 17.7 Å². The van der Waals surface area contributed by atoms with Gasteiger partial charge < -0.3 is 5.21 Å². The topological polar surface area (TPSA) is 64.9 Å². The Morgan fingerprint density at radius 1 is 1.17 bits per heavy atom. The van der Waals surface area contributed by atoms with Gasteiger partial charge >= 0.3 is 6.03 Å². The van der Waals surface area contributed by atoms with Crippen LogP contribution in [0.4, 0.5) is 4.79 Å². The molecule has 5 nitrogen and oxygen atoms in total. The van der Waals surface area contributed by atoms with Crippen LogP contribution in [0, 0.1) is 5.21 Å². The molecule has 1 unspecified atom stereocenters. The summed E-state index contributed by atoms with van der Waals surface area (Å²) >= 11 is 0. The van der Waals surface area contributed by atoms with Gasteiger partial charge in [0, 0.05) is 6.04 Å². The average Bonchev–Trinajstić information content (AvgIpc) is 2.87. The van der Waals surface area contributed by atoms with Crippen molar-refractivity contribution in [2.75, 3.05) is 0 Å². The zero-order chi connectivity index (χ0) is 12.7. The molecule has 0 radical (unpaired) electrons. The van der Waals surface area contributed by atoms with E-state index in [-0.39, 0.29) is 11.9 Å². The van der Waals surface area contributed by atoms with Gasteiger partial charge in [-0.1, -0.05) is 25.3 Å². The highest BCUT2D eigenvalue weighted by atomic mass is 16.5. The number of fused-ring (bicyclic) bond motifs is 1. The van der Waals surface area contributed by atoms with E-state index in [4.69, 9.17) is 0 Å². The number of carbonyl (C=O) groups is 2. The van der Waals surface area contributed by atoms with Crippen molar-refractivity contribution in [3.8, 4) is 0 Å². The van der Waals surface area contributed by atoms with Gasteiger partial charge in [-0.3, -0.25) is 9.86 Å². The first-order valence-corrected chi connectivity index (χ1v) is 6.53. The number of hydrogen-bond acceptors (Lipinski definition) is 3. The Morgan fingerprint density at radius 3 is 2.61 bits per heavy atom. The first-order chi connectivity index (χ1) is 8.70. The Bertz CT molecular complexity index is 461. The molecule has 1 saturated carbocycles. The molecule has 0 aromatic heterocycles. The Balaban J connectivity index is 1.91. The number of amides is 3. The molecule has 1 atom stereocenters. The van der Waals surface area contributed by atoms with Crippen molar-refractivity contribution in [1.82, 2.24) is 4.90 Å². The molecule has 96 valence electrons. The number of quaternary nitrogens is 1. The van der Waals surface area contributed by atoms with Gasteiger partial charge in [0.25, 0.3) is 5.91 Å². The molecule has 0 bridgehead atoms. The second kappa shape index (κ2) is 4.33. The van der Waals surface area contributed by atoms with Crippen LogP contribution in [-0.4, -0.2) is 22.9 Å². The van der Waals surface area contributed by atoms with Crippen LogP contribution in [0.15, 0.2) is 23.4 Å². The predicted octanol–water partition coefficient (Wildman–Crippen LogP) is 0.878. The minimum atomic E-state index is -0.628. The van der Waals surface area contributed by atoms with Crippen molar-refractivity contribution < 1.29 is 14.7 Å². The van der Waals surface area contributed by atoms with Gasteiger partial charge in [0.2, 0.25) is 0 Å². The van der Waals surface area contributed by atoms with E-state index in [0.717, 1.165) is 32.1 Å². The second-order valence-electron chi connectivity index (χ2n) is 5.07. The van der Waals surface area contributed by atoms with Crippen molar-refractivity contribution in [3.63, 3.8) is 0 Å². The van der Waals surface area contributed by atoms with E-state index in [1.54, 1.807) is 12.2 Å². The largest absolute Gasteiger partial charge is 0.620 e. The quantitative estimate of drug-likeness (QED) is 0.700. The lowest BCUT2D eigenvalue weighted by molar-refractivity contribution is -0.717. The zero-order valence-corrected chi connectivity index (χ0v) is 10.1. The van der Waals surface area contributed by atoms with Gasteiger partial charge in [-0.05, 0) is 25.3 Å². The highest BCUT2D eigenvalue weighted by molar-refractivity contribution is 6.07. The average molecular weight is 248 g/mol. The summed E-state index contributed by atoms with van der Waals surface area (Å²) in [5, 5.41) is 11.4. The molecule has 1 N–H and O–H groups in total. The summed E-state index contributed by atoms with van der Waals surface area (Å²) in [7, 11) is 0. The first kappa shape index (κ1) is 11.6. The third-order valence-electron chi connectivity index (χ3n) is 3.98. The SMILES string of the molecule is O=C1C2=CCC=C2[NH+]([O-])C(=O)N1C1CCCCC1. The molecule has 2 aliphatic carbocycles. The van der Waals surface area contributed by atoms with Gasteiger partial charge in [-0.2, -0.15) is 0 Å². The maximum absolute atomic E-state index is 12.3. The zero-order valence-electron chi connectivity index (χ0n) is 10.1. The molecule has 18 heavy (non-hydrogen) atoms. The van der Waals surface area contributed by atoms with Crippen LogP contribution in [0.1, 0.15) is 38.5 Å². The minimum Gasteiger partial charge on any atom is -0.620 e. The second-order valence-corrected chi connectivity index (χ2v) is 5.07. The van der Waals surface area contributed by atoms with Crippen molar-refractivity contribution in [3.05, 3.63) is 28.6 Å². The van der Waals surface area contributed by atoms with Crippen molar-refractivity contribution >= 4 is 11.9 Å². The van der Waals surface area contributed by atoms with Crippen LogP contribution >= 0.6 is 0 Å². The Hall–Kier alpha value is -1.46. The third-order valence-corrected chi connectivity index (χ3v) is 3.98. The lowest BCUT2D eigenvalue weighted by Gasteiger charge is -2.38. The molecule has 0 aromatic rings. The fourth-order valence-electron chi connectivity index (χ4n) is 3.05. The normalized spacial score (nSPS) is 29.2. The highest BCUT2D eigenvalue weighted by Gasteiger charge is 2.45. The summed E-state index contributed by atoms with van der Waals surface area (Å²) in [4.78, 5) is 25.6. The van der Waals surface area contributed by atoms with Crippen LogP contribution in [0.2, 0.25) is 0 Å². The van der Waals surface area contributed by atoms with E-state index in [2.05, 4.69) is 0 Å². The van der Waals surface area contributed by atoms with Crippen LogP contribution in [0.5, 0.6) is 0 Å². The number of nitrogens with zero attached hydrogens (tertiary/aromatic N) is 1. The Kier molecular flexibility index (Phi) is 2.80. The smallest absolute Gasteiger partial charge is 0.429 e. The summed E-state index contributed by atoms with van der Waals surface area (Å²) in [5.74, 6) is -0.268. The molecular formula is C13H16N2O3. The van der Waals surface area contributed by atoms with Gasteiger partial charge in [0.05, 0.1) is 5.57 Å². The molecule has 5 heteroatoms. The molecule has 3 amide bonds. The number of rotatable bonds is 1. The fourth-order valence-corrected chi connectivity index (χ4v) is 3.05. The van der Waals surface area contributed by atoms with Crippen molar-refractivity contribution in [1.29, 1.82) is 0 Å². The molecule has 1 heterocycles. The number of carbonyl (C=O) groups excluding carboxylic acids is 2. The van der Waals surface area contributed by atoms with E-state index >= 15 is 0 Å². The fraction of sp³-hybridized carbons (Fsp3) is 0.538. The Morgan fingerprint density at radius 2 is 1.89 bits per heavy atom. The van der Waals surface area contributed by atoms with E-state index < -0.39 is 11.1 Å². The summed E-state index contributed by atoms with van der Waals surface area (Å²) < 4.78 is 0. The Labute approximate surface area is 105 Å². The number of hydrogen-bond donors (Lipinski definition) is 1. The maximum Gasteiger partial charge on any atom is 0.429 e. The molecule has 3 rings (SSSR count). The van der Waals surface area contributed by atoms with Crippen LogP contribution in [0.25, 0.3) is 0 Å². The number of hydroxylamine groups is 2. The summed E-state index contributed by atoms with van der Waals surface area (Å²) in [5.41, 5.74) is 0.752. The monoisotopic (exact) mass is 248 g/mol. The first-order valence-electron chi connectivity index (χ1n) is 6.53. The van der Waals surface area contributed by atoms with Gasteiger partial charge in [-0.25, -0.2) is 9.69 Å². The number of nitrogens with one attached hydrogen (secondary N) is 1. The van der Waals surface area contributed by atoms with Crippen LogP contribution in [-0.2, 0) is 4.79 Å². The molecule has 3 aliphatic rings. The minimum absolute atomic E-state index is 0.0780.